The number of amides is 1. The van der Waals surface area contributed by atoms with Gasteiger partial charge >= 0.3 is 12.1 Å². The molecule has 1 N–H and O–H groups in total. The number of hydrogen-bond acceptors (Lipinski definition) is 4. The van der Waals surface area contributed by atoms with Gasteiger partial charge < -0.3 is 10.1 Å². The summed E-state index contributed by atoms with van der Waals surface area (Å²) < 4.78 is 43.9. The third-order valence-electron chi connectivity index (χ3n) is 2.62. The number of alkyl halides is 3. The van der Waals surface area contributed by atoms with Gasteiger partial charge in [-0.2, -0.15) is 13.2 Å². The van der Waals surface area contributed by atoms with E-state index in [2.05, 4.69) is 21.2 Å². The number of halogens is 4. The first kappa shape index (κ1) is 17.5. The van der Waals surface area contributed by atoms with Crippen molar-refractivity contribution in [1.82, 2.24) is 0 Å². The van der Waals surface area contributed by atoms with Crippen LogP contribution in [0.15, 0.2) is 40.2 Å². The Bertz CT molecular complexity index is 730. The van der Waals surface area contributed by atoms with Crippen LogP contribution < -0.4 is 5.32 Å². The predicted molar refractivity (Wildman–Crippen MR) is 82.4 cm³/mol. The number of esters is 1. The number of benzene rings is 1. The van der Waals surface area contributed by atoms with Gasteiger partial charge in [0.15, 0.2) is 6.61 Å². The molecule has 0 unspecified atom stereocenters. The minimum absolute atomic E-state index is 0.278. The van der Waals surface area contributed by atoms with E-state index in [1.807, 2.05) is 0 Å². The Morgan fingerprint density at radius 3 is 2.48 bits per heavy atom. The molecule has 0 atom stereocenters. The molecule has 0 aliphatic rings. The first-order valence-electron chi connectivity index (χ1n) is 6.16. The second-order valence-electron chi connectivity index (χ2n) is 4.27. The smallest absolute Gasteiger partial charge is 0.418 e. The lowest BCUT2D eigenvalue weighted by molar-refractivity contribution is -0.137. The van der Waals surface area contributed by atoms with Crippen molar-refractivity contribution >= 4 is 44.8 Å². The van der Waals surface area contributed by atoms with Gasteiger partial charge in [-0.25, -0.2) is 4.79 Å². The van der Waals surface area contributed by atoms with Gasteiger partial charge in [-0.3, -0.25) is 4.79 Å². The normalized spacial score (nSPS) is 11.1. The van der Waals surface area contributed by atoms with Gasteiger partial charge in [0.25, 0.3) is 5.91 Å². The van der Waals surface area contributed by atoms with Crippen molar-refractivity contribution in [2.45, 2.75) is 6.18 Å². The van der Waals surface area contributed by atoms with E-state index in [0.29, 0.717) is 3.79 Å². The summed E-state index contributed by atoms with van der Waals surface area (Å²) in [5.41, 5.74) is -1.36. The summed E-state index contributed by atoms with van der Waals surface area (Å²) in [6.45, 7) is -0.680. The Kier molecular flexibility index (Phi) is 5.42. The largest absolute Gasteiger partial charge is 0.451 e. The summed E-state index contributed by atoms with van der Waals surface area (Å²) in [7, 11) is 0. The molecule has 0 radical (unpaired) electrons. The maximum atomic E-state index is 12.8. The number of carbonyl (C=O) groups excluding carboxylic acids is 2. The van der Waals surface area contributed by atoms with Gasteiger partial charge in [-0.1, -0.05) is 12.1 Å². The first-order chi connectivity index (χ1) is 10.8. The van der Waals surface area contributed by atoms with Crippen molar-refractivity contribution in [3.8, 4) is 0 Å². The van der Waals surface area contributed by atoms with Crippen molar-refractivity contribution < 1.29 is 27.5 Å². The average molecular weight is 408 g/mol. The highest BCUT2D eigenvalue weighted by atomic mass is 79.9. The van der Waals surface area contributed by atoms with E-state index in [9.17, 15) is 22.8 Å². The van der Waals surface area contributed by atoms with Crippen LogP contribution in [0.2, 0.25) is 0 Å². The van der Waals surface area contributed by atoms with E-state index in [1.54, 1.807) is 6.07 Å². The molecule has 2 rings (SSSR count). The maximum Gasteiger partial charge on any atom is 0.418 e. The molecule has 0 bridgehead atoms. The minimum atomic E-state index is -4.59. The molecule has 2 aromatic rings. The number of hydrogen-bond donors (Lipinski definition) is 1. The van der Waals surface area contributed by atoms with E-state index in [4.69, 9.17) is 4.74 Å². The Hall–Kier alpha value is -1.87. The number of anilines is 1. The lowest BCUT2D eigenvalue weighted by Gasteiger charge is -2.13. The van der Waals surface area contributed by atoms with Crippen LogP contribution in [0.3, 0.4) is 0 Å². The SMILES string of the molecule is O=C(COC(=O)c1ccc(Br)s1)Nc1ccccc1C(F)(F)F. The molecule has 0 spiro atoms. The number of carbonyl (C=O) groups is 2. The minimum Gasteiger partial charge on any atom is -0.451 e. The highest BCUT2D eigenvalue weighted by Gasteiger charge is 2.33. The maximum absolute atomic E-state index is 12.8. The topological polar surface area (TPSA) is 55.4 Å². The third kappa shape index (κ3) is 4.80. The fourth-order valence-electron chi connectivity index (χ4n) is 1.65. The number of nitrogens with one attached hydrogen (secondary N) is 1. The van der Waals surface area contributed by atoms with E-state index in [-0.39, 0.29) is 10.6 Å². The second-order valence-corrected chi connectivity index (χ2v) is 6.73. The molecule has 0 aliphatic carbocycles. The van der Waals surface area contributed by atoms with Gasteiger partial charge in [-0.15, -0.1) is 11.3 Å². The highest BCUT2D eigenvalue weighted by molar-refractivity contribution is 9.11. The lowest BCUT2D eigenvalue weighted by Crippen LogP contribution is -2.22. The Balaban J connectivity index is 1.97. The van der Waals surface area contributed by atoms with Crippen LogP contribution in [-0.2, 0) is 15.7 Å². The van der Waals surface area contributed by atoms with Gasteiger partial charge in [0.1, 0.15) is 4.88 Å². The van der Waals surface area contributed by atoms with Crippen LogP contribution in [0.1, 0.15) is 15.2 Å². The molecule has 1 aromatic heterocycles. The quantitative estimate of drug-likeness (QED) is 0.767. The van der Waals surface area contributed by atoms with Crippen LogP contribution in [0, 0.1) is 0 Å². The fourth-order valence-corrected chi connectivity index (χ4v) is 2.93. The van der Waals surface area contributed by atoms with Crippen LogP contribution in [-0.4, -0.2) is 18.5 Å². The molecular weight excluding hydrogens is 399 g/mol. The molecule has 1 aromatic carbocycles. The zero-order valence-corrected chi connectivity index (χ0v) is 13.7. The summed E-state index contributed by atoms with van der Waals surface area (Å²) in [5.74, 6) is -1.58. The van der Waals surface area contributed by atoms with Crippen molar-refractivity contribution in [1.29, 1.82) is 0 Å². The number of para-hydroxylation sites is 1. The molecule has 1 amide bonds. The van der Waals surface area contributed by atoms with Crippen LogP contribution in [0.25, 0.3) is 0 Å². The molecule has 0 aliphatic heterocycles. The van der Waals surface area contributed by atoms with Crippen LogP contribution >= 0.6 is 27.3 Å². The molecule has 122 valence electrons. The highest BCUT2D eigenvalue weighted by Crippen LogP contribution is 2.34. The van der Waals surface area contributed by atoms with Crippen molar-refractivity contribution in [2.24, 2.45) is 0 Å². The lowest BCUT2D eigenvalue weighted by atomic mass is 10.1. The zero-order chi connectivity index (χ0) is 17.0. The molecule has 0 saturated heterocycles. The predicted octanol–water partition coefficient (Wildman–Crippen LogP) is 4.32. The van der Waals surface area contributed by atoms with Gasteiger partial charge in [-0.05, 0) is 40.2 Å². The fraction of sp³-hybridized carbons (Fsp3) is 0.143. The average Bonchev–Trinajstić information content (AvgIpc) is 2.91. The Morgan fingerprint density at radius 1 is 1.17 bits per heavy atom. The van der Waals surface area contributed by atoms with Crippen LogP contribution in [0.5, 0.6) is 0 Å². The first-order valence-corrected chi connectivity index (χ1v) is 7.77. The van der Waals surface area contributed by atoms with Crippen molar-refractivity contribution in [3.63, 3.8) is 0 Å². The number of thiophene rings is 1. The number of ether oxygens (including phenoxy) is 1. The summed E-state index contributed by atoms with van der Waals surface area (Å²) in [6.07, 6.45) is -4.59. The summed E-state index contributed by atoms with van der Waals surface area (Å²) in [4.78, 5) is 23.6. The monoisotopic (exact) mass is 407 g/mol. The molecule has 23 heavy (non-hydrogen) atoms. The summed E-state index contributed by atoms with van der Waals surface area (Å²) in [6, 6.07) is 7.70. The van der Waals surface area contributed by atoms with Gasteiger partial charge in [0.05, 0.1) is 15.0 Å². The van der Waals surface area contributed by atoms with E-state index >= 15 is 0 Å². The van der Waals surface area contributed by atoms with Crippen molar-refractivity contribution in [3.05, 3.63) is 50.6 Å². The van der Waals surface area contributed by atoms with Crippen LogP contribution in [0.4, 0.5) is 18.9 Å². The molecular formula is C14H9BrF3NO3S. The van der Waals surface area contributed by atoms with E-state index < -0.39 is 30.2 Å². The van der Waals surface area contributed by atoms with Gasteiger partial charge in [0.2, 0.25) is 0 Å². The van der Waals surface area contributed by atoms with E-state index in [0.717, 1.165) is 23.5 Å². The van der Waals surface area contributed by atoms with Gasteiger partial charge in [0, 0.05) is 0 Å². The Labute approximate surface area is 141 Å². The molecule has 1 heterocycles. The number of rotatable bonds is 4. The third-order valence-corrected chi connectivity index (χ3v) is 4.22. The zero-order valence-electron chi connectivity index (χ0n) is 11.3. The van der Waals surface area contributed by atoms with E-state index in [1.165, 1.54) is 18.2 Å². The summed E-state index contributed by atoms with van der Waals surface area (Å²) in [5, 5.41) is 2.09. The second kappa shape index (κ2) is 7.14. The molecule has 0 saturated carbocycles. The molecule has 9 heteroatoms. The summed E-state index contributed by atoms with van der Waals surface area (Å²) >= 11 is 4.30. The van der Waals surface area contributed by atoms with Crippen molar-refractivity contribution in [2.75, 3.05) is 11.9 Å². The standard InChI is InChI=1S/C14H9BrF3NO3S/c15-11-6-5-10(23-11)13(21)22-7-12(20)19-9-4-2-1-3-8(9)14(16,17)18/h1-6H,7H2,(H,19,20). The Morgan fingerprint density at radius 2 is 1.87 bits per heavy atom. The molecule has 4 nitrogen and oxygen atoms in total. The molecule has 0 fully saturated rings.